The molecule has 1 heterocycles. The highest BCUT2D eigenvalue weighted by Gasteiger charge is 2.03. The number of nitrogens with one attached hydrogen (secondary N) is 1. The van der Waals surface area contributed by atoms with Crippen molar-refractivity contribution in [2.45, 2.75) is 30.0 Å². The first kappa shape index (κ1) is 12.9. The van der Waals surface area contributed by atoms with Crippen LogP contribution in [0.1, 0.15) is 24.3 Å². The van der Waals surface area contributed by atoms with Crippen LogP contribution in [0, 0.1) is 6.92 Å². The van der Waals surface area contributed by atoms with E-state index in [1.54, 1.807) is 13.8 Å². The van der Waals surface area contributed by atoms with E-state index in [0.717, 1.165) is 10.5 Å². The minimum Gasteiger partial charge on any atom is -0.389 e. The highest BCUT2D eigenvalue weighted by Crippen LogP contribution is 2.25. The Labute approximate surface area is 109 Å². The summed E-state index contributed by atoms with van der Waals surface area (Å²) >= 11 is 1.39. The van der Waals surface area contributed by atoms with Crippen LogP contribution in [0.25, 0.3) is 0 Å². The van der Waals surface area contributed by atoms with Gasteiger partial charge in [0.25, 0.3) is 5.56 Å². The van der Waals surface area contributed by atoms with E-state index in [0.29, 0.717) is 10.9 Å². The Hall–Kier alpha value is -1.59. The highest BCUT2D eigenvalue weighted by molar-refractivity contribution is 7.99. The molecule has 1 aromatic heterocycles. The molecule has 1 unspecified atom stereocenters. The first-order valence-corrected chi connectivity index (χ1v) is 6.40. The molecule has 2 aromatic rings. The highest BCUT2D eigenvalue weighted by atomic mass is 32.2. The van der Waals surface area contributed by atoms with Gasteiger partial charge in [0.2, 0.25) is 0 Å². The Morgan fingerprint density at radius 3 is 2.56 bits per heavy atom. The molecule has 5 heteroatoms. The van der Waals surface area contributed by atoms with Crippen LogP contribution in [0.3, 0.4) is 0 Å². The Bertz CT molecular complexity index is 591. The first-order chi connectivity index (χ1) is 8.54. The predicted octanol–water partition coefficient (Wildman–Crippen LogP) is 2.28. The minimum absolute atomic E-state index is 0.148. The SMILES string of the molecule is Cc1cc(=O)[nH]c(Sc2ccc(C(C)O)cc2)n1. The number of aliphatic hydroxyl groups excluding tert-OH is 1. The molecule has 2 N–H and O–H groups in total. The molecule has 2 rings (SSSR count). The molecule has 94 valence electrons. The number of hydrogen-bond donors (Lipinski definition) is 2. The van der Waals surface area contributed by atoms with E-state index in [-0.39, 0.29) is 5.56 Å². The molecule has 18 heavy (non-hydrogen) atoms. The second kappa shape index (κ2) is 5.37. The van der Waals surface area contributed by atoms with E-state index in [1.165, 1.54) is 17.8 Å². The molecule has 1 aromatic carbocycles. The molecule has 0 fully saturated rings. The second-order valence-electron chi connectivity index (χ2n) is 4.04. The molecule has 0 radical (unpaired) electrons. The molecule has 0 amide bonds. The quantitative estimate of drug-likeness (QED) is 0.833. The zero-order chi connectivity index (χ0) is 13.1. The summed E-state index contributed by atoms with van der Waals surface area (Å²) in [5, 5.41) is 9.98. The Balaban J connectivity index is 2.20. The van der Waals surface area contributed by atoms with E-state index in [1.807, 2.05) is 24.3 Å². The predicted molar refractivity (Wildman–Crippen MR) is 70.8 cm³/mol. The standard InChI is InChI=1S/C13H14N2O2S/c1-8-7-12(17)15-13(14-8)18-11-5-3-10(4-6-11)9(2)16/h3-7,9,16H,1-2H3,(H,14,15,17). The number of benzene rings is 1. The third kappa shape index (κ3) is 3.21. The smallest absolute Gasteiger partial charge is 0.251 e. The van der Waals surface area contributed by atoms with Crippen LogP contribution in [0.5, 0.6) is 0 Å². The summed E-state index contributed by atoms with van der Waals surface area (Å²) in [7, 11) is 0. The molecule has 4 nitrogen and oxygen atoms in total. The van der Waals surface area contributed by atoms with Gasteiger partial charge in [-0.05, 0) is 31.5 Å². The van der Waals surface area contributed by atoms with E-state index in [4.69, 9.17) is 0 Å². The fourth-order valence-electron chi connectivity index (χ4n) is 1.53. The lowest BCUT2D eigenvalue weighted by Gasteiger charge is -2.06. The summed E-state index contributed by atoms with van der Waals surface area (Å²) in [4.78, 5) is 19.2. The fraction of sp³-hybridized carbons (Fsp3) is 0.231. The maximum atomic E-state index is 11.3. The Kier molecular flexibility index (Phi) is 3.84. The van der Waals surface area contributed by atoms with Gasteiger partial charge in [0.1, 0.15) is 0 Å². The normalized spacial score (nSPS) is 12.4. The molecular weight excluding hydrogens is 248 g/mol. The number of aromatic amines is 1. The van der Waals surface area contributed by atoms with Crippen molar-refractivity contribution in [1.29, 1.82) is 0 Å². The third-order valence-corrected chi connectivity index (χ3v) is 3.32. The number of aliphatic hydroxyl groups is 1. The van der Waals surface area contributed by atoms with Crippen LogP contribution in [-0.4, -0.2) is 15.1 Å². The van der Waals surface area contributed by atoms with Gasteiger partial charge in [0.05, 0.1) is 6.10 Å². The van der Waals surface area contributed by atoms with Crippen LogP contribution in [0.2, 0.25) is 0 Å². The zero-order valence-corrected chi connectivity index (χ0v) is 11.0. The van der Waals surface area contributed by atoms with Crippen molar-refractivity contribution in [3.05, 3.63) is 51.9 Å². The van der Waals surface area contributed by atoms with Crippen molar-refractivity contribution >= 4 is 11.8 Å². The van der Waals surface area contributed by atoms with E-state index < -0.39 is 6.10 Å². The second-order valence-corrected chi connectivity index (χ2v) is 5.10. The van der Waals surface area contributed by atoms with Crippen molar-refractivity contribution < 1.29 is 5.11 Å². The van der Waals surface area contributed by atoms with Crippen LogP contribution in [0.15, 0.2) is 45.2 Å². The van der Waals surface area contributed by atoms with Gasteiger partial charge in [-0.1, -0.05) is 23.9 Å². The average Bonchev–Trinajstić information content (AvgIpc) is 2.28. The van der Waals surface area contributed by atoms with E-state index in [2.05, 4.69) is 9.97 Å². The third-order valence-electron chi connectivity index (χ3n) is 2.43. The topological polar surface area (TPSA) is 66.0 Å². The summed E-state index contributed by atoms with van der Waals surface area (Å²) in [5.74, 6) is 0. The van der Waals surface area contributed by atoms with Crippen LogP contribution < -0.4 is 5.56 Å². The van der Waals surface area contributed by atoms with Gasteiger partial charge >= 0.3 is 0 Å². The molecule has 1 atom stereocenters. The van der Waals surface area contributed by atoms with Gasteiger partial charge in [0, 0.05) is 16.7 Å². The van der Waals surface area contributed by atoms with Crippen molar-refractivity contribution in [3.63, 3.8) is 0 Å². The van der Waals surface area contributed by atoms with Crippen LogP contribution in [0.4, 0.5) is 0 Å². The molecule has 0 saturated heterocycles. The maximum Gasteiger partial charge on any atom is 0.251 e. The van der Waals surface area contributed by atoms with Gasteiger partial charge in [-0.25, -0.2) is 4.98 Å². The zero-order valence-electron chi connectivity index (χ0n) is 10.2. The number of aryl methyl sites for hydroxylation is 1. The van der Waals surface area contributed by atoms with Gasteiger partial charge in [0.15, 0.2) is 5.16 Å². The largest absolute Gasteiger partial charge is 0.389 e. The molecule has 0 aliphatic heterocycles. The van der Waals surface area contributed by atoms with E-state index >= 15 is 0 Å². The number of H-pyrrole nitrogens is 1. The monoisotopic (exact) mass is 262 g/mol. The molecular formula is C13H14N2O2S. The van der Waals surface area contributed by atoms with Gasteiger partial charge in [-0.3, -0.25) is 4.79 Å². The lowest BCUT2D eigenvalue weighted by molar-refractivity contribution is 0.199. The van der Waals surface area contributed by atoms with Crippen LogP contribution in [-0.2, 0) is 0 Å². The Morgan fingerprint density at radius 1 is 1.33 bits per heavy atom. The number of rotatable bonds is 3. The number of aromatic nitrogens is 2. The fourth-order valence-corrected chi connectivity index (χ4v) is 2.36. The average molecular weight is 262 g/mol. The van der Waals surface area contributed by atoms with Crippen molar-refractivity contribution in [1.82, 2.24) is 9.97 Å². The van der Waals surface area contributed by atoms with Crippen LogP contribution >= 0.6 is 11.8 Å². The number of nitrogens with zero attached hydrogens (tertiary/aromatic N) is 1. The minimum atomic E-state index is -0.471. The molecule has 0 saturated carbocycles. The van der Waals surface area contributed by atoms with Gasteiger partial charge < -0.3 is 10.1 Å². The first-order valence-electron chi connectivity index (χ1n) is 5.58. The van der Waals surface area contributed by atoms with Crippen molar-refractivity contribution in [2.24, 2.45) is 0 Å². The molecule has 0 aliphatic rings. The lowest BCUT2D eigenvalue weighted by Crippen LogP contribution is -2.07. The molecule has 0 bridgehead atoms. The Morgan fingerprint density at radius 2 is 2.00 bits per heavy atom. The summed E-state index contributed by atoms with van der Waals surface area (Å²) < 4.78 is 0. The summed E-state index contributed by atoms with van der Waals surface area (Å²) in [6, 6.07) is 8.98. The molecule has 0 spiro atoms. The van der Waals surface area contributed by atoms with Crippen molar-refractivity contribution in [2.75, 3.05) is 0 Å². The summed E-state index contributed by atoms with van der Waals surface area (Å²) in [5.41, 5.74) is 1.41. The molecule has 0 aliphatic carbocycles. The lowest BCUT2D eigenvalue weighted by atomic mass is 10.1. The van der Waals surface area contributed by atoms with E-state index in [9.17, 15) is 9.90 Å². The summed E-state index contributed by atoms with van der Waals surface area (Å²) in [6.45, 7) is 3.51. The van der Waals surface area contributed by atoms with Gasteiger partial charge in [-0.15, -0.1) is 0 Å². The summed E-state index contributed by atoms with van der Waals surface area (Å²) in [6.07, 6.45) is -0.471. The van der Waals surface area contributed by atoms with Crippen molar-refractivity contribution in [3.8, 4) is 0 Å². The van der Waals surface area contributed by atoms with Gasteiger partial charge in [-0.2, -0.15) is 0 Å². The number of hydrogen-bond acceptors (Lipinski definition) is 4. The maximum absolute atomic E-state index is 11.3.